The molecule has 2 aromatic rings. The summed E-state index contributed by atoms with van der Waals surface area (Å²) in [4.78, 5) is 9.15. The number of halogens is 1. The van der Waals surface area contributed by atoms with Crippen molar-refractivity contribution in [3.63, 3.8) is 0 Å². The topological polar surface area (TPSA) is 91.2 Å². The number of aliphatic imine (C=N–C) groups is 2. The first-order valence-electron chi connectivity index (χ1n) is 10.6. The van der Waals surface area contributed by atoms with E-state index in [2.05, 4.69) is 4.99 Å². The summed E-state index contributed by atoms with van der Waals surface area (Å²) in [5.74, 6) is 7.15. The van der Waals surface area contributed by atoms with Crippen LogP contribution in [0.2, 0.25) is 0 Å². The van der Waals surface area contributed by atoms with Crippen molar-refractivity contribution < 1.29 is 19.2 Å². The summed E-state index contributed by atoms with van der Waals surface area (Å²) in [6, 6.07) is 13.3. The molecule has 32 heavy (non-hydrogen) atoms. The van der Waals surface area contributed by atoms with Crippen molar-refractivity contribution in [1.29, 1.82) is 0 Å². The van der Waals surface area contributed by atoms with Gasteiger partial charge in [-0.1, -0.05) is 24.3 Å². The van der Waals surface area contributed by atoms with Gasteiger partial charge in [0.15, 0.2) is 0 Å². The van der Waals surface area contributed by atoms with Crippen LogP contribution in [0, 0.1) is 11.7 Å². The maximum Gasteiger partial charge on any atom is 0.264 e. The number of benzene rings is 2. The molecule has 3 aliphatic rings. The van der Waals surface area contributed by atoms with Gasteiger partial charge in [-0.25, -0.2) is 4.39 Å². The molecule has 1 aliphatic carbocycles. The molecule has 1 fully saturated rings. The molecule has 2 aliphatic heterocycles. The molecule has 7 heteroatoms. The van der Waals surface area contributed by atoms with E-state index >= 15 is 0 Å². The Hall–Kier alpha value is -2.97. The molecule has 0 spiro atoms. The van der Waals surface area contributed by atoms with Gasteiger partial charge in [-0.05, 0) is 62.1 Å². The van der Waals surface area contributed by atoms with Crippen LogP contribution in [0.4, 0.5) is 4.39 Å². The standard InChI is InChI=1S/C25H26FN4O2/c1-24(31)13-17(14-24)22-21-15-28-10-11-30(21,27)23(29-22)16-6-8-18(9-7-16)25(2,32)19-4-3-5-20(26)12-19/h3-12,15,17,31-32H,13-14,27H2,1-2H3/q+1. The van der Waals surface area contributed by atoms with Crippen LogP contribution in [-0.4, -0.2) is 32.5 Å². The van der Waals surface area contributed by atoms with E-state index in [1.54, 1.807) is 37.7 Å². The van der Waals surface area contributed by atoms with Crippen LogP contribution < -0.4 is 5.84 Å². The van der Waals surface area contributed by atoms with Gasteiger partial charge in [0.2, 0.25) is 5.70 Å². The van der Waals surface area contributed by atoms with Crippen molar-refractivity contribution in [2.75, 3.05) is 0 Å². The Kier molecular flexibility index (Phi) is 4.58. The minimum Gasteiger partial charge on any atom is -0.390 e. The van der Waals surface area contributed by atoms with Gasteiger partial charge in [-0.15, -0.1) is 4.59 Å². The molecule has 2 atom stereocenters. The smallest absolute Gasteiger partial charge is 0.264 e. The van der Waals surface area contributed by atoms with Crippen LogP contribution in [0.15, 0.2) is 82.3 Å². The lowest BCUT2D eigenvalue weighted by molar-refractivity contribution is -0.750. The lowest BCUT2D eigenvalue weighted by atomic mass is 9.70. The van der Waals surface area contributed by atoms with Crippen LogP contribution in [0.5, 0.6) is 0 Å². The summed E-state index contributed by atoms with van der Waals surface area (Å²) in [7, 11) is 0. The fourth-order valence-electron chi connectivity index (χ4n) is 4.80. The predicted molar refractivity (Wildman–Crippen MR) is 121 cm³/mol. The SMILES string of the molecule is CC1(O)CC(C2=C3C=NC=C[N+]3(N)C(c3ccc(C(C)(O)c4cccc(F)c4)cc3)=N2)C1. The predicted octanol–water partition coefficient (Wildman–Crippen LogP) is 3.46. The lowest BCUT2D eigenvalue weighted by Crippen LogP contribution is -2.53. The molecule has 164 valence electrons. The highest BCUT2D eigenvalue weighted by molar-refractivity contribution is 6.00. The Morgan fingerprint density at radius 2 is 1.88 bits per heavy atom. The average Bonchev–Trinajstić information content (AvgIpc) is 3.05. The molecular weight excluding hydrogens is 407 g/mol. The number of aliphatic hydroxyl groups is 2. The van der Waals surface area contributed by atoms with E-state index in [4.69, 9.17) is 10.8 Å². The summed E-state index contributed by atoms with van der Waals surface area (Å²) in [5.41, 5.74) is 1.56. The average molecular weight is 434 g/mol. The van der Waals surface area contributed by atoms with Crippen molar-refractivity contribution in [3.05, 3.63) is 94.8 Å². The van der Waals surface area contributed by atoms with E-state index in [1.165, 1.54) is 12.1 Å². The van der Waals surface area contributed by atoms with Gasteiger partial charge in [-0.3, -0.25) is 4.99 Å². The highest BCUT2D eigenvalue weighted by Gasteiger charge is 2.50. The van der Waals surface area contributed by atoms with Crippen molar-refractivity contribution in [3.8, 4) is 0 Å². The molecule has 6 nitrogen and oxygen atoms in total. The number of nitrogens with zero attached hydrogens (tertiary/aromatic N) is 3. The largest absolute Gasteiger partial charge is 0.390 e. The van der Waals surface area contributed by atoms with Gasteiger partial charge >= 0.3 is 0 Å². The highest BCUT2D eigenvalue weighted by Crippen LogP contribution is 2.46. The number of amidine groups is 1. The Labute approximate surface area is 186 Å². The van der Waals surface area contributed by atoms with Crippen LogP contribution in [0.25, 0.3) is 0 Å². The third kappa shape index (κ3) is 3.25. The van der Waals surface area contributed by atoms with E-state index in [0.717, 1.165) is 17.0 Å². The number of hydrogen-bond donors (Lipinski definition) is 3. The minimum absolute atomic E-state index is 0.0862. The van der Waals surface area contributed by atoms with Gasteiger partial charge in [0.25, 0.3) is 5.84 Å². The molecule has 0 aromatic heterocycles. The Morgan fingerprint density at radius 3 is 2.53 bits per heavy atom. The van der Waals surface area contributed by atoms with E-state index in [0.29, 0.717) is 29.8 Å². The number of quaternary nitrogens is 1. The molecule has 2 aromatic carbocycles. The minimum atomic E-state index is -1.35. The molecule has 4 N–H and O–H groups in total. The number of fused-ring (bicyclic) bond motifs is 1. The Balaban J connectivity index is 1.49. The molecule has 1 saturated carbocycles. The number of hydrogen-bond acceptors (Lipinski definition) is 5. The summed E-state index contributed by atoms with van der Waals surface area (Å²) in [6.45, 7) is 3.47. The van der Waals surface area contributed by atoms with Crippen molar-refractivity contribution in [2.24, 2.45) is 21.7 Å². The van der Waals surface area contributed by atoms with Gasteiger partial charge < -0.3 is 10.2 Å². The summed E-state index contributed by atoms with van der Waals surface area (Å²) in [5, 5.41) is 21.3. The van der Waals surface area contributed by atoms with E-state index in [9.17, 15) is 14.6 Å². The molecular formula is C25H26FN4O2+. The summed E-state index contributed by atoms with van der Waals surface area (Å²) < 4.78 is 13.6. The van der Waals surface area contributed by atoms with Crippen molar-refractivity contribution >= 4 is 12.1 Å². The van der Waals surface area contributed by atoms with Crippen molar-refractivity contribution in [1.82, 2.24) is 0 Å². The van der Waals surface area contributed by atoms with Crippen molar-refractivity contribution in [2.45, 2.75) is 37.9 Å². The normalized spacial score (nSPS) is 30.6. The van der Waals surface area contributed by atoms with E-state index in [-0.39, 0.29) is 10.5 Å². The molecule has 0 amide bonds. The maximum absolute atomic E-state index is 13.7. The molecule has 0 radical (unpaired) electrons. The monoisotopic (exact) mass is 433 g/mol. The quantitative estimate of drug-likeness (QED) is 0.509. The summed E-state index contributed by atoms with van der Waals surface area (Å²) in [6.07, 6.45) is 6.45. The first kappa shape index (κ1) is 20.9. The van der Waals surface area contributed by atoms with E-state index < -0.39 is 17.0 Å². The zero-order valence-electron chi connectivity index (χ0n) is 18.0. The van der Waals surface area contributed by atoms with E-state index in [1.807, 2.05) is 31.2 Å². The first-order chi connectivity index (χ1) is 15.1. The fraction of sp³-hybridized carbons (Fsp3) is 0.280. The molecule has 5 rings (SSSR count). The maximum atomic E-state index is 13.7. The molecule has 2 unspecified atom stereocenters. The van der Waals surface area contributed by atoms with Gasteiger partial charge in [0, 0.05) is 5.92 Å². The van der Waals surface area contributed by atoms with Gasteiger partial charge in [0.05, 0.1) is 23.6 Å². The highest BCUT2D eigenvalue weighted by atomic mass is 19.1. The zero-order valence-corrected chi connectivity index (χ0v) is 18.0. The second-order valence-electron chi connectivity index (χ2n) is 9.32. The van der Waals surface area contributed by atoms with Crippen LogP contribution in [0.1, 0.15) is 43.4 Å². The van der Waals surface area contributed by atoms with Crippen LogP contribution in [0.3, 0.4) is 0 Å². The fourth-order valence-corrected chi connectivity index (χ4v) is 4.80. The Morgan fingerprint density at radius 1 is 1.16 bits per heavy atom. The molecule has 0 bridgehead atoms. The molecule has 2 heterocycles. The first-order valence-corrected chi connectivity index (χ1v) is 10.6. The van der Waals surface area contributed by atoms with Crippen LogP contribution in [-0.2, 0) is 5.60 Å². The second kappa shape index (κ2) is 7.02. The second-order valence-corrected chi connectivity index (χ2v) is 9.32. The van der Waals surface area contributed by atoms with Gasteiger partial charge in [0.1, 0.15) is 23.3 Å². The lowest BCUT2D eigenvalue weighted by Gasteiger charge is -2.40. The third-order valence-electron chi connectivity index (χ3n) is 6.67. The zero-order chi connectivity index (χ0) is 22.7. The number of rotatable bonds is 4. The number of allylic oxidation sites excluding steroid dienone is 2. The van der Waals surface area contributed by atoms with Gasteiger partial charge in [-0.2, -0.15) is 10.8 Å². The number of nitrogens with two attached hydrogens (primary N) is 1. The Bertz CT molecular complexity index is 1200. The summed E-state index contributed by atoms with van der Waals surface area (Å²) >= 11 is 0. The molecule has 0 saturated heterocycles. The third-order valence-corrected chi connectivity index (χ3v) is 6.67. The van der Waals surface area contributed by atoms with Crippen LogP contribution >= 0.6 is 0 Å².